The summed E-state index contributed by atoms with van der Waals surface area (Å²) in [4.78, 5) is 5.19. The van der Waals surface area contributed by atoms with E-state index in [1.165, 1.54) is 11.5 Å². The molecular weight excluding hydrogens is 198 g/mol. The van der Waals surface area contributed by atoms with Crippen molar-refractivity contribution in [3.05, 3.63) is 34.5 Å². The molecule has 0 radical (unpaired) electrons. The molecule has 0 aliphatic heterocycles. The van der Waals surface area contributed by atoms with Crippen LogP contribution in [-0.4, -0.2) is 9.36 Å². The standard InChI is InChI=1S/C9H11N3OS/c1-5-3-8(14-12-5)9(10)7-4-13-6(2)11-7/h3-4,9H,10H2,1-2H3. The first-order chi connectivity index (χ1) is 6.66. The molecular formula is C9H11N3OS. The minimum atomic E-state index is -0.223. The summed E-state index contributed by atoms with van der Waals surface area (Å²) in [5.74, 6) is 0.636. The van der Waals surface area contributed by atoms with E-state index in [1.54, 1.807) is 13.2 Å². The lowest BCUT2D eigenvalue weighted by Gasteiger charge is -2.02. The Morgan fingerprint density at radius 2 is 2.29 bits per heavy atom. The molecule has 2 N–H and O–H groups in total. The lowest BCUT2D eigenvalue weighted by molar-refractivity contribution is 0.520. The first kappa shape index (κ1) is 9.36. The zero-order valence-corrected chi connectivity index (χ0v) is 8.84. The van der Waals surface area contributed by atoms with Gasteiger partial charge in [0, 0.05) is 11.8 Å². The summed E-state index contributed by atoms with van der Waals surface area (Å²) >= 11 is 1.41. The maximum Gasteiger partial charge on any atom is 0.191 e. The summed E-state index contributed by atoms with van der Waals surface area (Å²) in [5, 5.41) is 0. The van der Waals surface area contributed by atoms with E-state index in [-0.39, 0.29) is 6.04 Å². The van der Waals surface area contributed by atoms with Crippen LogP contribution in [0.1, 0.15) is 28.2 Å². The van der Waals surface area contributed by atoms with Crippen molar-refractivity contribution in [1.82, 2.24) is 9.36 Å². The molecule has 1 atom stereocenters. The number of nitrogens with zero attached hydrogens (tertiary/aromatic N) is 2. The van der Waals surface area contributed by atoms with Crippen LogP contribution in [0.2, 0.25) is 0 Å². The summed E-state index contributed by atoms with van der Waals surface area (Å²) < 4.78 is 9.28. The van der Waals surface area contributed by atoms with Crippen LogP contribution < -0.4 is 5.73 Å². The van der Waals surface area contributed by atoms with Gasteiger partial charge in [0.1, 0.15) is 12.0 Å². The van der Waals surface area contributed by atoms with E-state index in [0.717, 1.165) is 16.3 Å². The maximum absolute atomic E-state index is 5.99. The number of hydrogen-bond acceptors (Lipinski definition) is 5. The lowest BCUT2D eigenvalue weighted by Crippen LogP contribution is -2.10. The zero-order valence-electron chi connectivity index (χ0n) is 8.02. The Morgan fingerprint density at radius 1 is 1.50 bits per heavy atom. The van der Waals surface area contributed by atoms with Gasteiger partial charge in [-0.25, -0.2) is 4.98 Å². The third-order valence-corrected chi connectivity index (χ3v) is 2.87. The van der Waals surface area contributed by atoms with Crippen LogP contribution in [0.25, 0.3) is 0 Å². The van der Waals surface area contributed by atoms with Gasteiger partial charge >= 0.3 is 0 Å². The van der Waals surface area contributed by atoms with Gasteiger partial charge in [-0.2, -0.15) is 4.37 Å². The average molecular weight is 209 g/mol. The Bertz CT molecular complexity index is 394. The maximum atomic E-state index is 5.99. The Labute approximate surface area is 85.9 Å². The quantitative estimate of drug-likeness (QED) is 0.819. The van der Waals surface area contributed by atoms with Crippen LogP contribution in [-0.2, 0) is 0 Å². The largest absolute Gasteiger partial charge is 0.449 e. The van der Waals surface area contributed by atoms with E-state index < -0.39 is 0 Å². The number of oxazole rings is 1. The fourth-order valence-electron chi connectivity index (χ4n) is 1.20. The topological polar surface area (TPSA) is 64.9 Å². The van der Waals surface area contributed by atoms with E-state index in [1.807, 2.05) is 13.0 Å². The fraction of sp³-hybridized carbons (Fsp3) is 0.333. The Kier molecular flexibility index (Phi) is 2.35. The third kappa shape index (κ3) is 1.69. The van der Waals surface area contributed by atoms with E-state index in [0.29, 0.717) is 5.89 Å². The number of nitrogens with two attached hydrogens (primary N) is 1. The number of hydrogen-bond donors (Lipinski definition) is 1. The molecule has 0 aliphatic rings. The molecule has 0 bridgehead atoms. The molecule has 0 aliphatic carbocycles. The van der Waals surface area contributed by atoms with Crippen LogP contribution in [0.5, 0.6) is 0 Å². The van der Waals surface area contributed by atoms with Crippen molar-refractivity contribution in [2.75, 3.05) is 0 Å². The molecule has 74 valence electrons. The van der Waals surface area contributed by atoms with Gasteiger partial charge in [0.25, 0.3) is 0 Å². The van der Waals surface area contributed by atoms with Gasteiger partial charge < -0.3 is 10.2 Å². The minimum Gasteiger partial charge on any atom is -0.449 e. The highest BCUT2D eigenvalue weighted by atomic mass is 32.1. The molecule has 0 saturated carbocycles. The molecule has 2 rings (SSSR count). The van der Waals surface area contributed by atoms with Gasteiger partial charge in [-0.05, 0) is 24.5 Å². The molecule has 0 amide bonds. The molecule has 0 saturated heterocycles. The van der Waals surface area contributed by atoms with Gasteiger partial charge in [0.05, 0.1) is 11.7 Å². The molecule has 1 unspecified atom stereocenters. The molecule has 14 heavy (non-hydrogen) atoms. The lowest BCUT2D eigenvalue weighted by atomic mass is 10.2. The number of aryl methyl sites for hydroxylation is 2. The highest BCUT2D eigenvalue weighted by Gasteiger charge is 2.15. The summed E-state index contributed by atoms with van der Waals surface area (Å²) in [6.45, 7) is 3.74. The van der Waals surface area contributed by atoms with Crippen LogP contribution >= 0.6 is 11.5 Å². The predicted molar refractivity (Wildman–Crippen MR) is 54.1 cm³/mol. The third-order valence-electron chi connectivity index (χ3n) is 1.91. The first-order valence-electron chi connectivity index (χ1n) is 4.27. The second-order valence-electron chi connectivity index (χ2n) is 3.14. The van der Waals surface area contributed by atoms with E-state index in [9.17, 15) is 0 Å². The normalized spacial score (nSPS) is 13.1. The smallest absolute Gasteiger partial charge is 0.191 e. The van der Waals surface area contributed by atoms with E-state index >= 15 is 0 Å². The van der Waals surface area contributed by atoms with Crippen molar-refractivity contribution < 1.29 is 4.42 Å². The van der Waals surface area contributed by atoms with Crippen molar-refractivity contribution in [1.29, 1.82) is 0 Å². The van der Waals surface area contributed by atoms with Gasteiger partial charge in [0.15, 0.2) is 5.89 Å². The summed E-state index contributed by atoms with van der Waals surface area (Å²) in [6.07, 6.45) is 1.59. The molecule has 5 heteroatoms. The monoisotopic (exact) mass is 209 g/mol. The van der Waals surface area contributed by atoms with Crippen LogP contribution in [0, 0.1) is 13.8 Å². The van der Waals surface area contributed by atoms with Crippen LogP contribution in [0.15, 0.2) is 16.7 Å². The molecule has 0 spiro atoms. The number of rotatable bonds is 2. The van der Waals surface area contributed by atoms with Gasteiger partial charge in [-0.3, -0.25) is 0 Å². The van der Waals surface area contributed by atoms with Gasteiger partial charge in [-0.15, -0.1) is 0 Å². The Balaban J connectivity index is 2.28. The second kappa shape index (κ2) is 3.51. The molecule has 0 aromatic carbocycles. The molecule has 2 heterocycles. The van der Waals surface area contributed by atoms with Crippen LogP contribution in [0.4, 0.5) is 0 Å². The SMILES string of the molecule is Cc1cc(C(N)c2coc(C)n2)sn1. The highest BCUT2D eigenvalue weighted by Crippen LogP contribution is 2.22. The van der Waals surface area contributed by atoms with E-state index in [2.05, 4.69) is 9.36 Å². The summed E-state index contributed by atoms with van der Waals surface area (Å²) in [5.41, 5.74) is 7.73. The Hall–Kier alpha value is -1.20. The summed E-state index contributed by atoms with van der Waals surface area (Å²) in [7, 11) is 0. The van der Waals surface area contributed by atoms with Crippen molar-refractivity contribution >= 4 is 11.5 Å². The predicted octanol–water partition coefficient (Wildman–Crippen LogP) is 1.80. The van der Waals surface area contributed by atoms with Crippen molar-refractivity contribution in [2.24, 2.45) is 5.73 Å². The first-order valence-corrected chi connectivity index (χ1v) is 5.05. The van der Waals surface area contributed by atoms with Crippen molar-refractivity contribution in [3.63, 3.8) is 0 Å². The van der Waals surface area contributed by atoms with Crippen LogP contribution in [0.3, 0.4) is 0 Å². The van der Waals surface area contributed by atoms with Gasteiger partial charge in [0.2, 0.25) is 0 Å². The Morgan fingerprint density at radius 3 is 2.79 bits per heavy atom. The zero-order chi connectivity index (χ0) is 10.1. The second-order valence-corrected chi connectivity index (χ2v) is 3.98. The average Bonchev–Trinajstić information content (AvgIpc) is 2.73. The van der Waals surface area contributed by atoms with Crippen molar-refractivity contribution in [3.8, 4) is 0 Å². The number of aromatic nitrogens is 2. The highest BCUT2D eigenvalue weighted by molar-refractivity contribution is 7.05. The van der Waals surface area contributed by atoms with E-state index in [4.69, 9.17) is 10.2 Å². The molecule has 2 aromatic rings. The molecule has 4 nitrogen and oxygen atoms in total. The fourth-order valence-corrected chi connectivity index (χ4v) is 1.96. The van der Waals surface area contributed by atoms with Gasteiger partial charge in [-0.1, -0.05) is 0 Å². The minimum absolute atomic E-state index is 0.223. The summed E-state index contributed by atoms with van der Waals surface area (Å²) in [6, 6.07) is 1.75. The van der Waals surface area contributed by atoms with Crippen molar-refractivity contribution in [2.45, 2.75) is 19.9 Å². The molecule has 2 aromatic heterocycles. The molecule has 0 fully saturated rings.